The van der Waals surface area contributed by atoms with Gasteiger partial charge < -0.3 is 13.9 Å². The number of rotatable bonds is 6. The van der Waals surface area contributed by atoms with Crippen molar-refractivity contribution >= 4 is 23.3 Å². The molecule has 1 atom stereocenters. The third-order valence-electron chi connectivity index (χ3n) is 3.79. The van der Waals surface area contributed by atoms with Crippen LogP contribution in [0.3, 0.4) is 0 Å². The van der Waals surface area contributed by atoms with Crippen LogP contribution in [0.5, 0.6) is 5.75 Å². The summed E-state index contributed by atoms with van der Waals surface area (Å²) in [6.45, 7) is 1.54. The number of ether oxygens (including phenoxy) is 2. The summed E-state index contributed by atoms with van der Waals surface area (Å²) in [7, 11) is 1.56. The maximum absolute atomic E-state index is 12.3. The van der Waals surface area contributed by atoms with Crippen LogP contribution in [0.15, 0.2) is 46.9 Å². The second kappa shape index (κ2) is 8.05. The van der Waals surface area contributed by atoms with E-state index >= 15 is 0 Å². The van der Waals surface area contributed by atoms with E-state index in [4.69, 9.17) is 25.5 Å². The molecule has 0 N–H and O–H groups in total. The van der Waals surface area contributed by atoms with E-state index in [0.29, 0.717) is 11.3 Å². The number of nitro groups is 1. The Bertz CT molecular complexity index is 1020. The van der Waals surface area contributed by atoms with Crippen LogP contribution in [0.2, 0.25) is 5.02 Å². The van der Waals surface area contributed by atoms with Gasteiger partial charge >= 0.3 is 5.97 Å². The van der Waals surface area contributed by atoms with Crippen molar-refractivity contribution in [1.29, 1.82) is 0 Å². The highest BCUT2D eigenvalue weighted by Gasteiger charge is 2.23. The van der Waals surface area contributed by atoms with Crippen molar-refractivity contribution in [2.45, 2.75) is 13.0 Å². The molecule has 10 heteroatoms. The molecule has 144 valence electrons. The molecule has 0 amide bonds. The molecule has 0 unspecified atom stereocenters. The lowest BCUT2D eigenvalue weighted by atomic mass is 10.2. The van der Waals surface area contributed by atoms with E-state index in [1.807, 2.05) is 0 Å². The van der Waals surface area contributed by atoms with Crippen molar-refractivity contribution < 1.29 is 23.6 Å². The number of benzene rings is 2. The van der Waals surface area contributed by atoms with Gasteiger partial charge in [0.05, 0.1) is 22.6 Å². The lowest BCUT2D eigenvalue weighted by Crippen LogP contribution is -2.10. The molecule has 3 rings (SSSR count). The summed E-state index contributed by atoms with van der Waals surface area (Å²) >= 11 is 5.95. The zero-order valence-corrected chi connectivity index (χ0v) is 15.5. The Morgan fingerprint density at radius 3 is 2.57 bits per heavy atom. The molecule has 0 aliphatic heterocycles. The highest BCUT2D eigenvalue weighted by molar-refractivity contribution is 6.33. The summed E-state index contributed by atoms with van der Waals surface area (Å²) < 4.78 is 15.9. The molecule has 1 heterocycles. The highest BCUT2D eigenvalue weighted by Crippen LogP contribution is 2.27. The molecule has 0 fully saturated rings. The van der Waals surface area contributed by atoms with Gasteiger partial charge in [-0.1, -0.05) is 11.6 Å². The standard InChI is InChI=1S/C18H14ClN3O6/c1-10(27-18(23)14-9-12(22(24)25)5-8-15(14)19)16-20-21-17(28-16)11-3-6-13(26-2)7-4-11/h3-10H,1-2H3/t10-/m1/s1. The predicted octanol–water partition coefficient (Wildman–Crippen LogP) is 4.22. The lowest BCUT2D eigenvalue weighted by molar-refractivity contribution is -0.384. The van der Waals surface area contributed by atoms with E-state index in [1.54, 1.807) is 31.4 Å². The summed E-state index contributed by atoms with van der Waals surface area (Å²) in [5.74, 6) is 0.152. The van der Waals surface area contributed by atoms with E-state index < -0.39 is 17.0 Å². The molecule has 0 bridgehead atoms. The molecule has 3 aromatic rings. The fourth-order valence-corrected chi connectivity index (χ4v) is 2.50. The van der Waals surface area contributed by atoms with Crippen LogP contribution in [0, 0.1) is 10.1 Å². The first-order valence-electron chi connectivity index (χ1n) is 8.01. The Morgan fingerprint density at radius 1 is 1.21 bits per heavy atom. The van der Waals surface area contributed by atoms with Crippen LogP contribution in [-0.2, 0) is 4.74 Å². The van der Waals surface area contributed by atoms with Crippen molar-refractivity contribution in [2.75, 3.05) is 7.11 Å². The Hall–Kier alpha value is -3.46. The van der Waals surface area contributed by atoms with E-state index in [2.05, 4.69) is 10.2 Å². The van der Waals surface area contributed by atoms with Gasteiger partial charge in [0, 0.05) is 17.7 Å². The Kier molecular flexibility index (Phi) is 5.55. The topological polar surface area (TPSA) is 118 Å². The number of nitrogens with zero attached hydrogens (tertiary/aromatic N) is 3. The Balaban J connectivity index is 1.75. The quantitative estimate of drug-likeness (QED) is 0.341. The minimum absolute atomic E-state index is 0.0345. The number of non-ortho nitro benzene ring substituents is 1. The number of esters is 1. The van der Waals surface area contributed by atoms with Crippen molar-refractivity contribution in [3.63, 3.8) is 0 Å². The van der Waals surface area contributed by atoms with Gasteiger partial charge in [-0.15, -0.1) is 10.2 Å². The van der Waals surface area contributed by atoms with Gasteiger partial charge in [-0.25, -0.2) is 4.79 Å². The number of aromatic nitrogens is 2. The van der Waals surface area contributed by atoms with E-state index in [0.717, 1.165) is 6.07 Å². The molecule has 0 saturated carbocycles. The SMILES string of the molecule is COc1ccc(-c2nnc([C@@H](C)OC(=O)c3cc([N+](=O)[O-])ccc3Cl)o2)cc1. The largest absolute Gasteiger partial charge is 0.497 e. The molecule has 0 spiro atoms. The Morgan fingerprint density at radius 2 is 1.93 bits per heavy atom. The normalized spacial score (nSPS) is 11.7. The van der Waals surface area contributed by atoms with E-state index in [9.17, 15) is 14.9 Å². The maximum Gasteiger partial charge on any atom is 0.340 e. The number of nitro benzene ring substituents is 1. The third kappa shape index (κ3) is 4.09. The molecular formula is C18H14ClN3O6. The number of carbonyl (C=O) groups is 1. The summed E-state index contributed by atoms with van der Waals surface area (Å²) in [6.07, 6.45) is -0.887. The second-order valence-corrected chi connectivity index (χ2v) is 6.05. The van der Waals surface area contributed by atoms with Crippen LogP contribution in [0.25, 0.3) is 11.5 Å². The van der Waals surface area contributed by atoms with Gasteiger partial charge in [0.25, 0.3) is 11.6 Å². The summed E-state index contributed by atoms with van der Waals surface area (Å²) in [4.78, 5) is 22.6. The van der Waals surface area contributed by atoms with Crippen molar-refractivity contribution in [3.8, 4) is 17.2 Å². The number of carbonyl (C=O) groups excluding carboxylic acids is 1. The maximum atomic E-state index is 12.3. The number of halogens is 1. The van der Waals surface area contributed by atoms with Gasteiger partial charge in [0.1, 0.15) is 5.75 Å². The second-order valence-electron chi connectivity index (χ2n) is 5.64. The van der Waals surface area contributed by atoms with Crippen molar-refractivity contribution in [2.24, 2.45) is 0 Å². The minimum atomic E-state index is -0.887. The first-order valence-corrected chi connectivity index (χ1v) is 8.39. The molecule has 0 aliphatic carbocycles. The molecule has 0 radical (unpaired) electrons. The average Bonchev–Trinajstić information content (AvgIpc) is 3.18. The average molecular weight is 404 g/mol. The minimum Gasteiger partial charge on any atom is -0.497 e. The van der Waals surface area contributed by atoms with Gasteiger partial charge in [0.2, 0.25) is 5.89 Å². The number of methoxy groups -OCH3 is 1. The molecule has 2 aromatic carbocycles. The van der Waals surface area contributed by atoms with Gasteiger partial charge in [-0.2, -0.15) is 0 Å². The highest BCUT2D eigenvalue weighted by atomic mass is 35.5. The fraction of sp³-hybridized carbons (Fsp3) is 0.167. The lowest BCUT2D eigenvalue weighted by Gasteiger charge is -2.10. The summed E-state index contributed by atoms with van der Waals surface area (Å²) in [6, 6.07) is 10.5. The monoisotopic (exact) mass is 403 g/mol. The van der Waals surface area contributed by atoms with Crippen LogP contribution in [-0.4, -0.2) is 28.2 Å². The third-order valence-corrected chi connectivity index (χ3v) is 4.12. The van der Waals surface area contributed by atoms with Gasteiger partial charge in [-0.3, -0.25) is 10.1 Å². The van der Waals surface area contributed by atoms with Gasteiger partial charge in [-0.05, 0) is 37.3 Å². The Labute approximate surface area is 164 Å². The predicted molar refractivity (Wildman–Crippen MR) is 98.2 cm³/mol. The summed E-state index contributed by atoms with van der Waals surface area (Å²) in [5.41, 5.74) is 0.265. The van der Waals surface area contributed by atoms with Crippen LogP contribution < -0.4 is 4.74 Å². The zero-order chi connectivity index (χ0) is 20.3. The van der Waals surface area contributed by atoms with Crippen LogP contribution >= 0.6 is 11.6 Å². The van der Waals surface area contributed by atoms with Crippen molar-refractivity contribution in [1.82, 2.24) is 10.2 Å². The smallest absolute Gasteiger partial charge is 0.340 e. The molecule has 28 heavy (non-hydrogen) atoms. The van der Waals surface area contributed by atoms with Crippen LogP contribution in [0.4, 0.5) is 5.69 Å². The molecule has 9 nitrogen and oxygen atoms in total. The molecular weight excluding hydrogens is 390 g/mol. The zero-order valence-electron chi connectivity index (χ0n) is 14.8. The molecule has 0 saturated heterocycles. The number of hydrogen-bond donors (Lipinski definition) is 0. The van der Waals surface area contributed by atoms with Crippen molar-refractivity contribution in [3.05, 3.63) is 69.1 Å². The molecule has 0 aliphatic rings. The van der Waals surface area contributed by atoms with Crippen LogP contribution in [0.1, 0.15) is 29.3 Å². The van der Waals surface area contributed by atoms with E-state index in [-0.39, 0.29) is 28.1 Å². The summed E-state index contributed by atoms with van der Waals surface area (Å²) in [5, 5.41) is 18.7. The molecule has 1 aromatic heterocycles. The first kappa shape index (κ1) is 19.3. The van der Waals surface area contributed by atoms with Gasteiger partial charge in [0.15, 0.2) is 6.10 Å². The fourth-order valence-electron chi connectivity index (χ4n) is 2.31. The van der Waals surface area contributed by atoms with E-state index in [1.165, 1.54) is 19.1 Å². The first-order chi connectivity index (χ1) is 13.4. The number of hydrogen-bond acceptors (Lipinski definition) is 8.